The molecule has 0 aliphatic heterocycles. The Kier molecular flexibility index (Phi) is 4.89. The summed E-state index contributed by atoms with van der Waals surface area (Å²) < 4.78 is 31.1. The van der Waals surface area contributed by atoms with Crippen molar-refractivity contribution in [3.8, 4) is 11.5 Å². The zero-order valence-corrected chi connectivity index (χ0v) is 13.1. The summed E-state index contributed by atoms with van der Waals surface area (Å²) in [6.45, 7) is 0.466. The Morgan fingerprint density at radius 2 is 1.91 bits per heavy atom. The van der Waals surface area contributed by atoms with Crippen molar-refractivity contribution >= 4 is 15.7 Å². The van der Waals surface area contributed by atoms with Gasteiger partial charge in [0.05, 0.1) is 7.11 Å². The van der Waals surface area contributed by atoms with E-state index < -0.39 is 10.0 Å². The summed E-state index contributed by atoms with van der Waals surface area (Å²) in [5, 5.41) is 12.8. The van der Waals surface area contributed by atoms with Crippen LogP contribution < -0.4 is 14.8 Å². The smallest absolute Gasteiger partial charge is 0.244 e. The maximum Gasteiger partial charge on any atom is 0.244 e. The van der Waals surface area contributed by atoms with Gasteiger partial charge >= 0.3 is 0 Å². The summed E-state index contributed by atoms with van der Waals surface area (Å²) in [6.07, 6.45) is 0. The van der Waals surface area contributed by atoms with Gasteiger partial charge in [-0.25, -0.2) is 13.1 Å². The number of para-hydroxylation sites is 1. The minimum atomic E-state index is -3.71. The molecule has 0 bridgehead atoms. The molecule has 0 saturated carbocycles. The third-order valence-electron chi connectivity index (χ3n) is 3.19. The quantitative estimate of drug-likeness (QED) is 0.707. The van der Waals surface area contributed by atoms with Crippen LogP contribution in [-0.4, -0.2) is 27.7 Å². The molecule has 0 heterocycles. The van der Waals surface area contributed by atoms with Crippen LogP contribution >= 0.6 is 0 Å². The van der Waals surface area contributed by atoms with Crippen molar-refractivity contribution in [1.29, 1.82) is 0 Å². The second-order valence-electron chi connectivity index (χ2n) is 4.56. The van der Waals surface area contributed by atoms with Gasteiger partial charge in [-0.1, -0.05) is 18.2 Å². The molecular weight excluding hydrogens is 304 g/mol. The number of hydrogen-bond acceptors (Lipinski definition) is 5. The Bertz CT molecular complexity index is 760. The minimum Gasteiger partial charge on any atom is -0.507 e. The molecule has 0 aliphatic carbocycles. The lowest BCUT2D eigenvalue weighted by atomic mass is 10.2. The standard InChI is InChI=1S/C15H18N2O4S/c1-16-22(19,20)15-9-12(7-8-13(15)18)17-10-11-5-3-4-6-14(11)21-2/h3-9,16-18H,10H2,1-2H3. The maximum absolute atomic E-state index is 11.8. The normalized spacial score (nSPS) is 11.2. The van der Waals surface area contributed by atoms with Crippen LogP contribution in [0.25, 0.3) is 0 Å². The summed E-state index contributed by atoms with van der Waals surface area (Å²) in [7, 11) is -0.822. The molecule has 0 radical (unpaired) electrons. The fraction of sp³-hybridized carbons (Fsp3) is 0.200. The van der Waals surface area contributed by atoms with Crippen LogP contribution in [0.4, 0.5) is 5.69 Å². The molecular formula is C15H18N2O4S. The summed E-state index contributed by atoms with van der Waals surface area (Å²) in [5.41, 5.74) is 1.52. The van der Waals surface area contributed by atoms with Crippen molar-refractivity contribution in [1.82, 2.24) is 4.72 Å². The number of phenols is 1. The third-order valence-corrected chi connectivity index (χ3v) is 4.64. The number of nitrogens with one attached hydrogen (secondary N) is 2. The lowest BCUT2D eigenvalue weighted by Gasteiger charge is -2.12. The van der Waals surface area contributed by atoms with Gasteiger partial charge in [-0.3, -0.25) is 0 Å². The second-order valence-corrected chi connectivity index (χ2v) is 6.41. The number of benzene rings is 2. The predicted octanol–water partition coefficient (Wildman–Crippen LogP) is 1.92. The van der Waals surface area contributed by atoms with Crippen LogP contribution in [0.1, 0.15) is 5.56 Å². The van der Waals surface area contributed by atoms with Crippen LogP contribution in [0.2, 0.25) is 0 Å². The van der Waals surface area contributed by atoms with E-state index in [0.717, 1.165) is 11.3 Å². The molecule has 0 amide bonds. The van der Waals surface area contributed by atoms with Gasteiger partial charge in [0.25, 0.3) is 0 Å². The zero-order chi connectivity index (χ0) is 16.2. The highest BCUT2D eigenvalue weighted by molar-refractivity contribution is 7.89. The van der Waals surface area contributed by atoms with Gasteiger partial charge in [-0.2, -0.15) is 0 Å². The number of aromatic hydroxyl groups is 1. The Balaban J connectivity index is 2.23. The first-order valence-corrected chi connectivity index (χ1v) is 8.08. The molecule has 2 aromatic rings. The summed E-state index contributed by atoms with van der Waals surface area (Å²) in [5.74, 6) is 0.453. The van der Waals surface area contributed by atoms with Crippen molar-refractivity contribution in [3.63, 3.8) is 0 Å². The van der Waals surface area contributed by atoms with Gasteiger partial charge < -0.3 is 15.2 Å². The van der Waals surface area contributed by atoms with Crippen molar-refractivity contribution in [3.05, 3.63) is 48.0 Å². The minimum absolute atomic E-state index is 0.167. The first kappa shape index (κ1) is 16.1. The number of methoxy groups -OCH3 is 1. The number of phenolic OH excluding ortho intramolecular Hbond substituents is 1. The molecule has 0 aromatic heterocycles. The average molecular weight is 322 g/mol. The SMILES string of the molecule is CNS(=O)(=O)c1cc(NCc2ccccc2OC)ccc1O. The molecule has 0 atom stereocenters. The molecule has 118 valence electrons. The first-order valence-electron chi connectivity index (χ1n) is 6.60. The highest BCUT2D eigenvalue weighted by atomic mass is 32.2. The van der Waals surface area contributed by atoms with Crippen molar-refractivity contribution in [2.24, 2.45) is 0 Å². The Hall–Kier alpha value is -2.25. The van der Waals surface area contributed by atoms with Crippen LogP contribution in [-0.2, 0) is 16.6 Å². The van der Waals surface area contributed by atoms with Crippen LogP contribution in [0.3, 0.4) is 0 Å². The summed E-state index contributed by atoms with van der Waals surface area (Å²) in [4.78, 5) is -0.167. The molecule has 0 spiro atoms. The van der Waals surface area contributed by atoms with E-state index in [4.69, 9.17) is 4.74 Å². The Labute approximate surface area is 129 Å². The van der Waals surface area contributed by atoms with Gasteiger partial charge in [0, 0.05) is 17.8 Å². The topological polar surface area (TPSA) is 87.7 Å². The third kappa shape index (κ3) is 3.49. The molecule has 2 rings (SSSR count). The number of anilines is 1. The highest BCUT2D eigenvalue weighted by Gasteiger charge is 2.17. The summed E-state index contributed by atoms with van der Waals surface area (Å²) >= 11 is 0. The van der Waals surface area contributed by atoms with Gasteiger partial charge in [0.2, 0.25) is 10.0 Å². The predicted molar refractivity (Wildman–Crippen MR) is 84.7 cm³/mol. The van der Waals surface area contributed by atoms with E-state index in [2.05, 4.69) is 10.0 Å². The molecule has 7 heteroatoms. The first-order chi connectivity index (χ1) is 10.5. The monoisotopic (exact) mass is 322 g/mol. The molecule has 2 aromatic carbocycles. The largest absolute Gasteiger partial charge is 0.507 e. The average Bonchev–Trinajstić information content (AvgIpc) is 2.54. The van der Waals surface area contributed by atoms with E-state index in [-0.39, 0.29) is 10.6 Å². The molecule has 0 unspecified atom stereocenters. The van der Waals surface area contributed by atoms with E-state index in [1.165, 1.54) is 19.2 Å². The van der Waals surface area contributed by atoms with Gasteiger partial charge in [0.15, 0.2) is 0 Å². The zero-order valence-electron chi connectivity index (χ0n) is 12.3. The van der Waals surface area contributed by atoms with Crippen molar-refractivity contribution < 1.29 is 18.3 Å². The number of ether oxygens (including phenoxy) is 1. The van der Waals surface area contributed by atoms with Crippen LogP contribution in [0.5, 0.6) is 11.5 Å². The Morgan fingerprint density at radius 3 is 2.59 bits per heavy atom. The highest BCUT2D eigenvalue weighted by Crippen LogP contribution is 2.26. The van der Waals surface area contributed by atoms with Gasteiger partial charge in [0.1, 0.15) is 16.4 Å². The molecule has 0 fully saturated rings. The fourth-order valence-electron chi connectivity index (χ4n) is 2.00. The van der Waals surface area contributed by atoms with Crippen molar-refractivity contribution in [2.75, 3.05) is 19.5 Å². The molecule has 6 nitrogen and oxygen atoms in total. The van der Waals surface area contributed by atoms with Gasteiger partial charge in [-0.05, 0) is 31.3 Å². The van der Waals surface area contributed by atoms with E-state index in [0.29, 0.717) is 12.2 Å². The van der Waals surface area contributed by atoms with Crippen molar-refractivity contribution in [2.45, 2.75) is 11.4 Å². The van der Waals surface area contributed by atoms with Crippen LogP contribution in [0, 0.1) is 0 Å². The number of hydrogen-bond donors (Lipinski definition) is 3. The second kappa shape index (κ2) is 6.67. The molecule has 0 aliphatic rings. The number of rotatable bonds is 6. The molecule has 3 N–H and O–H groups in total. The number of sulfonamides is 1. The van der Waals surface area contributed by atoms with E-state index in [1.54, 1.807) is 13.2 Å². The lowest BCUT2D eigenvalue weighted by molar-refractivity contribution is 0.410. The van der Waals surface area contributed by atoms with Crippen LogP contribution in [0.15, 0.2) is 47.4 Å². The maximum atomic E-state index is 11.8. The van der Waals surface area contributed by atoms with Gasteiger partial charge in [-0.15, -0.1) is 0 Å². The van der Waals surface area contributed by atoms with E-state index in [1.807, 2.05) is 24.3 Å². The lowest BCUT2D eigenvalue weighted by Crippen LogP contribution is -2.18. The fourth-order valence-corrected chi connectivity index (χ4v) is 2.84. The molecule has 0 saturated heterocycles. The Morgan fingerprint density at radius 1 is 1.18 bits per heavy atom. The van der Waals surface area contributed by atoms with E-state index >= 15 is 0 Å². The van der Waals surface area contributed by atoms with E-state index in [9.17, 15) is 13.5 Å². The summed E-state index contributed by atoms with van der Waals surface area (Å²) in [6, 6.07) is 11.9. The molecule has 22 heavy (non-hydrogen) atoms.